The van der Waals surface area contributed by atoms with Gasteiger partial charge in [0.15, 0.2) is 0 Å². The van der Waals surface area contributed by atoms with E-state index in [-0.39, 0.29) is 5.88 Å². The summed E-state index contributed by atoms with van der Waals surface area (Å²) in [5, 5.41) is 20.9. The molecule has 0 aliphatic heterocycles. The third kappa shape index (κ3) is 2.12. The minimum atomic E-state index is -0.977. The van der Waals surface area contributed by atoms with E-state index in [1.807, 2.05) is 0 Å². The van der Waals surface area contributed by atoms with Crippen LogP contribution in [0.1, 0.15) is 11.0 Å². The topological polar surface area (TPSA) is 40.5 Å². The summed E-state index contributed by atoms with van der Waals surface area (Å²) in [4.78, 5) is 0.560. The minimum absolute atomic E-state index is 0.00457. The normalized spacial score (nSPS) is 16.0. The molecule has 0 saturated carbocycles. The van der Waals surface area contributed by atoms with Crippen molar-refractivity contribution in [1.82, 2.24) is 0 Å². The highest BCUT2D eigenvalue weighted by molar-refractivity contribution is 7.10. The SMILES string of the molecule is OC(CCl)C(O)c1sccc1Cl. The molecule has 0 aromatic carbocycles. The molecule has 12 heavy (non-hydrogen) atoms. The fourth-order valence-corrected chi connectivity index (χ4v) is 2.16. The maximum absolute atomic E-state index is 9.45. The summed E-state index contributed by atoms with van der Waals surface area (Å²) >= 11 is 12.4. The number of rotatable bonds is 3. The Bertz CT molecular complexity index is 251. The van der Waals surface area contributed by atoms with Crippen molar-refractivity contribution < 1.29 is 10.2 Å². The molecule has 1 aromatic rings. The summed E-state index contributed by atoms with van der Waals surface area (Å²) in [6.07, 6.45) is -1.93. The van der Waals surface area contributed by atoms with Crippen LogP contribution in [0.2, 0.25) is 5.02 Å². The second kappa shape index (κ2) is 4.44. The molecule has 2 N–H and O–H groups in total. The Kier molecular flexibility index (Phi) is 3.80. The minimum Gasteiger partial charge on any atom is -0.389 e. The number of halogens is 2. The standard InChI is InChI=1S/C7H8Cl2O2S/c8-3-5(10)6(11)7-4(9)1-2-12-7/h1-2,5-6,10-11H,3H2. The Hall–Kier alpha value is 0.200. The van der Waals surface area contributed by atoms with Crippen molar-refractivity contribution in [2.24, 2.45) is 0 Å². The molecule has 1 rings (SSSR count). The maximum atomic E-state index is 9.45. The third-order valence-corrected chi connectivity index (χ3v) is 3.18. The van der Waals surface area contributed by atoms with Gasteiger partial charge in [0.1, 0.15) is 6.10 Å². The molecule has 2 nitrogen and oxygen atoms in total. The Morgan fingerprint density at radius 2 is 2.17 bits per heavy atom. The molecule has 2 unspecified atom stereocenters. The quantitative estimate of drug-likeness (QED) is 0.775. The smallest absolute Gasteiger partial charge is 0.117 e. The van der Waals surface area contributed by atoms with Gasteiger partial charge < -0.3 is 10.2 Å². The fourth-order valence-electron chi connectivity index (χ4n) is 0.776. The largest absolute Gasteiger partial charge is 0.389 e. The van der Waals surface area contributed by atoms with E-state index in [2.05, 4.69) is 0 Å². The van der Waals surface area contributed by atoms with Crippen LogP contribution in [0, 0.1) is 0 Å². The van der Waals surface area contributed by atoms with Gasteiger partial charge in [-0.2, -0.15) is 0 Å². The molecule has 0 radical (unpaired) electrons. The zero-order valence-electron chi connectivity index (χ0n) is 6.08. The molecular weight excluding hydrogens is 219 g/mol. The van der Waals surface area contributed by atoms with Gasteiger partial charge in [0.25, 0.3) is 0 Å². The highest BCUT2D eigenvalue weighted by atomic mass is 35.5. The molecule has 0 fully saturated rings. The van der Waals surface area contributed by atoms with Gasteiger partial charge in [-0.25, -0.2) is 0 Å². The van der Waals surface area contributed by atoms with Gasteiger partial charge in [-0.05, 0) is 11.4 Å². The fraction of sp³-hybridized carbons (Fsp3) is 0.429. The second-order valence-corrected chi connectivity index (χ2v) is 3.96. The summed E-state index contributed by atoms with van der Waals surface area (Å²) in [5.41, 5.74) is 0. The summed E-state index contributed by atoms with van der Waals surface area (Å²) in [6, 6.07) is 1.67. The Morgan fingerprint density at radius 1 is 1.50 bits per heavy atom. The van der Waals surface area contributed by atoms with Gasteiger partial charge in [0.2, 0.25) is 0 Å². The zero-order chi connectivity index (χ0) is 9.14. The Morgan fingerprint density at radius 3 is 2.58 bits per heavy atom. The van der Waals surface area contributed by atoms with Crippen LogP contribution in [0.25, 0.3) is 0 Å². The predicted molar refractivity (Wildman–Crippen MR) is 51.0 cm³/mol. The van der Waals surface area contributed by atoms with Crippen LogP contribution in [-0.4, -0.2) is 22.2 Å². The third-order valence-electron chi connectivity index (χ3n) is 1.44. The summed E-state index contributed by atoms with van der Waals surface area (Å²) in [7, 11) is 0. The van der Waals surface area contributed by atoms with E-state index in [4.69, 9.17) is 23.2 Å². The molecule has 68 valence electrons. The lowest BCUT2D eigenvalue weighted by Crippen LogP contribution is -2.18. The van der Waals surface area contributed by atoms with Crippen molar-refractivity contribution in [2.45, 2.75) is 12.2 Å². The lowest BCUT2D eigenvalue weighted by molar-refractivity contribution is 0.0351. The average molecular weight is 227 g/mol. The van der Waals surface area contributed by atoms with Crippen molar-refractivity contribution in [3.05, 3.63) is 21.3 Å². The number of hydrogen-bond acceptors (Lipinski definition) is 3. The number of hydrogen-bond donors (Lipinski definition) is 2. The summed E-state index contributed by atoms with van der Waals surface area (Å²) in [5.74, 6) is -0.00457. The van der Waals surface area contributed by atoms with E-state index in [1.54, 1.807) is 11.4 Å². The lowest BCUT2D eigenvalue weighted by atomic mass is 10.2. The molecule has 0 bridgehead atoms. The number of thiophene rings is 1. The molecule has 1 heterocycles. The van der Waals surface area contributed by atoms with Crippen LogP contribution in [0.5, 0.6) is 0 Å². The number of alkyl halides is 1. The molecule has 0 spiro atoms. The first kappa shape index (κ1) is 10.3. The van der Waals surface area contributed by atoms with Crippen LogP contribution in [-0.2, 0) is 0 Å². The molecular formula is C7H8Cl2O2S. The number of aliphatic hydroxyl groups is 2. The molecule has 0 aliphatic carbocycles. The first-order valence-corrected chi connectivity index (χ1v) is 5.11. The molecule has 0 aliphatic rings. The van der Waals surface area contributed by atoms with E-state index in [0.29, 0.717) is 9.90 Å². The van der Waals surface area contributed by atoms with Crippen molar-refractivity contribution >= 4 is 34.5 Å². The number of aliphatic hydroxyl groups excluding tert-OH is 2. The molecule has 5 heteroatoms. The van der Waals surface area contributed by atoms with Crippen LogP contribution in [0.3, 0.4) is 0 Å². The zero-order valence-corrected chi connectivity index (χ0v) is 8.40. The van der Waals surface area contributed by atoms with Crippen LogP contribution in [0.4, 0.5) is 0 Å². The molecule has 2 atom stereocenters. The van der Waals surface area contributed by atoms with Crippen LogP contribution in [0.15, 0.2) is 11.4 Å². The Labute approximate surface area is 84.4 Å². The van der Waals surface area contributed by atoms with Gasteiger partial charge in [-0.1, -0.05) is 11.6 Å². The maximum Gasteiger partial charge on any atom is 0.117 e. The second-order valence-electron chi connectivity index (χ2n) is 2.30. The van der Waals surface area contributed by atoms with Gasteiger partial charge in [0, 0.05) is 0 Å². The van der Waals surface area contributed by atoms with Gasteiger partial charge in [-0.15, -0.1) is 22.9 Å². The first-order chi connectivity index (χ1) is 5.66. The predicted octanol–water partition coefficient (Wildman–Crippen LogP) is 2.03. The van der Waals surface area contributed by atoms with Crippen molar-refractivity contribution in [3.63, 3.8) is 0 Å². The van der Waals surface area contributed by atoms with E-state index in [0.717, 1.165) is 0 Å². The molecule has 1 aromatic heterocycles. The van der Waals surface area contributed by atoms with E-state index >= 15 is 0 Å². The monoisotopic (exact) mass is 226 g/mol. The van der Waals surface area contributed by atoms with Crippen molar-refractivity contribution in [1.29, 1.82) is 0 Å². The molecule has 0 saturated heterocycles. The first-order valence-electron chi connectivity index (χ1n) is 3.31. The average Bonchev–Trinajstić information content (AvgIpc) is 2.48. The van der Waals surface area contributed by atoms with E-state index < -0.39 is 12.2 Å². The van der Waals surface area contributed by atoms with Crippen molar-refractivity contribution in [2.75, 3.05) is 5.88 Å². The van der Waals surface area contributed by atoms with Gasteiger partial charge in [-0.3, -0.25) is 0 Å². The van der Waals surface area contributed by atoms with Crippen LogP contribution < -0.4 is 0 Å². The summed E-state index contributed by atoms with van der Waals surface area (Å²) < 4.78 is 0. The van der Waals surface area contributed by atoms with Crippen LogP contribution >= 0.6 is 34.5 Å². The highest BCUT2D eigenvalue weighted by Gasteiger charge is 2.20. The van der Waals surface area contributed by atoms with Crippen molar-refractivity contribution in [3.8, 4) is 0 Å². The van der Waals surface area contributed by atoms with E-state index in [1.165, 1.54) is 11.3 Å². The lowest BCUT2D eigenvalue weighted by Gasteiger charge is -2.13. The summed E-state index contributed by atoms with van der Waals surface area (Å²) in [6.45, 7) is 0. The van der Waals surface area contributed by atoms with Gasteiger partial charge in [0.05, 0.1) is 21.9 Å². The van der Waals surface area contributed by atoms with E-state index in [9.17, 15) is 10.2 Å². The highest BCUT2D eigenvalue weighted by Crippen LogP contribution is 2.30. The molecule has 0 amide bonds. The Balaban J connectivity index is 2.77. The van der Waals surface area contributed by atoms with Gasteiger partial charge >= 0.3 is 0 Å².